The Morgan fingerprint density at radius 3 is 2.69 bits per heavy atom. The second-order valence-corrected chi connectivity index (χ2v) is 3.48. The number of nitrogens with one attached hydrogen (secondary N) is 1. The Morgan fingerprint density at radius 1 is 1.31 bits per heavy atom. The molecule has 0 radical (unpaired) electrons. The lowest BCUT2D eigenvalue weighted by Crippen LogP contribution is -2.13. The van der Waals surface area contributed by atoms with Crippen LogP contribution >= 0.6 is 0 Å². The molecule has 0 atom stereocenters. The second kappa shape index (κ2) is 4.10. The van der Waals surface area contributed by atoms with Gasteiger partial charge in [-0.15, -0.1) is 0 Å². The first kappa shape index (κ1) is 10.3. The van der Waals surface area contributed by atoms with Crippen LogP contribution in [0.1, 0.15) is 6.92 Å². The molecular formula is C12H11N3O. The van der Waals surface area contributed by atoms with Crippen LogP contribution in [0, 0.1) is 0 Å². The third-order valence-electron chi connectivity index (χ3n) is 2.08. The van der Waals surface area contributed by atoms with Gasteiger partial charge in [-0.3, -0.25) is 9.78 Å². The molecule has 4 heteroatoms. The third-order valence-corrected chi connectivity index (χ3v) is 2.08. The summed E-state index contributed by atoms with van der Waals surface area (Å²) in [5.41, 5.74) is 1.99. The molecule has 80 valence electrons. The zero-order chi connectivity index (χ0) is 11.5. The highest BCUT2D eigenvalue weighted by Crippen LogP contribution is 2.11. The first-order valence-corrected chi connectivity index (χ1v) is 4.85. The minimum atomic E-state index is -0.246. The Morgan fingerprint density at radius 2 is 2.00 bits per heavy atom. The molecule has 0 fully saturated rings. The van der Waals surface area contributed by atoms with E-state index in [1.54, 1.807) is 6.92 Å². The topological polar surface area (TPSA) is 54.9 Å². The van der Waals surface area contributed by atoms with Gasteiger partial charge >= 0.3 is 0 Å². The largest absolute Gasteiger partial charge is 0.306 e. The Balaban J connectivity index is 2.33. The van der Waals surface area contributed by atoms with E-state index in [2.05, 4.69) is 21.9 Å². The molecule has 0 saturated carbocycles. The number of para-hydroxylation sites is 2. The van der Waals surface area contributed by atoms with E-state index in [1.807, 2.05) is 24.3 Å². The van der Waals surface area contributed by atoms with Gasteiger partial charge in [0.25, 0.3) is 5.91 Å². The van der Waals surface area contributed by atoms with Crippen LogP contribution in [0.2, 0.25) is 0 Å². The summed E-state index contributed by atoms with van der Waals surface area (Å²) in [5.74, 6) is 0.191. The lowest BCUT2D eigenvalue weighted by atomic mass is 10.3. The predicted octanol–water partition coefficient (Wildman–Crippen LogP) is 2.14. The lowest BCUT2D eigenvalue weighted by Gasteiger charge is -2.04. The summed E-state index contributed by atoms with van der Waals surface area (Å²) in [6, 6.07) is 7.48. The minimum Gasteiger partial charge on any atom is -0.306 e. The molecule has 1 N–H and O–H groups in total. The molecule has 0 aliphatic heterocycles. The van der Waals surface area contributed by atoms with Crippen molar-refractivity contribution in [1.29, 1.82) is 0 Å². The van der Waals surface area contributed by atoms with Gasteiger partial charge in [-0.1, -0.05) is 18.7 Å². The molecular weight excluding hydrogens is 202 g/mol. The Bertz CT molecular complexity index is 563. The molecule has 1 heterocycles. The maximum atomic E-state index is 11.4. The molecule has 0 aliphatic carbocycles. The number of benzene rings is 1. The van der Waals surface area contributed by atoms with Crippen molar-refractivity contribution in [1.82, 2.24) is 9.97 Å². The van der Waals surface area contributed by atoms with Crippen LogP contribution in [0.5, 0.6) is 0 Å². The molecule has 16 heavy (non-hydrogen) atoms. The average molecular weight is 213 g/mol. The van der Waals surface area contributed by atoms with Crippen molar-refractivity contribution in [3.05, 3.63) is 42.6 Å². The smallest absolute Gasteiger partial charge is 0.251 e. The van der Waals surface area contributed by atoms with Crippen molar-refractivity contribution in [2.75, 3.05) is 5.32 Å². The number of anilines is 1. The molecule has 1 amide bonds. The Labute approximate surface area is 93.0 Å². The van der Waals surface area contributed by atoms with Gasteiger partial charge in [0.2, 0.25) is 0 Å². The summed E-state index contributed by atoms with van der Waals surface area (Å²) >= 11 is 0. The van der Waals surface area contributed by atoms with Gasteiger partial charge < -0.3 is 5.32 Å². The number of fused-ring (bicyclic) bond motifs is 1. The molecule has 0 saturated heterocycles. The zero-order valence-electron chi connectivity index (χ0n) is 8.90. The Kier molecular flexibility index (Phi) is 2.64. The van der Waals surface area contributed by atoms with Crippen molar-refractivity contribution < 1.29 is 4.79 Å². The molecule has 1 aromatic carbocycles. The van der Waals surface area contributed by atoms with Crippen molar-refractivity contribution >= 4 is 22.8 Å². The van der Waals surface area contributed by atoms with Crippen LogP contribution in [0.15, 0.2) is 42.6 Å². The summed E-state index contributed by atoms with van der Waals surface area (Å²) in [6.45, 7) is 5.20. The van der Waals surface area contributed by atoms with Gasteiger partial charge in [-0.05, 0) is 19.1 Å². The molecule has 1 aromatic heterocycles. The van der Waals surface area contributed by atoms with Crippen LogP contribution in [-0.2, 0) is 4.79 Å². The van der Waals surface area contributed by atoms with Crippen LogP contribution in [0.3, 0.4) is 0 Å². The van der Waals surface area contributed by atoms with E-state index in [1.165, 1.54) is 6.20 Å². The molecule has 0 unspecified atom stereocenters. The maximum Gasteiger partial charge on any atom is 0.251 e. The Hall–Kier alpha value is -2.23. The van der Waals surface area contributed by atoms with Gasteiger partial charge in [0.1, 0.15) is 0 Å². The fraction of sp³-hybridized carbons (Fsp3) is 0.0833. The summed E-state index contributed by atoms with van der Waals surface area (Å²) in [6.07, 6.45) is 1.53. The molecule has 0 spiro atoms. The van der Waals surface area contributed by atoms with Gasteiger partial charge in [-0.25, -0.2) is 4.98 Å². The fourth-order valence-electron chi connectivity index (χ4n) is 1.24. The quantitative estimate of drug-likeness (QED) is 0.777. The van der Waals surface area contributed by atoms with Gasteiger partial charge in [-0.2, -0.15) is 0 Å². The van der Waals surface area contributed by atoms with Crippen LogP contribution < -0.4 is 5.32 Å². The van der Waals surface area contributed by atoms with Crippen molar-refractivity contribution in [3.8, 4) is 0 Å². The normalized spacial score (nSPS) is 10.1. The summed E-state index contributed by atoms with van der Waals surface area (Å²) in [5, 5.41) is 2.62. The third kappa shape index (κ3) is 2.06. The zero-order valence-corrected chi connectivity index (χ0v) is 8.90. The van der Waals surface area contributed by atoms with Gasteiger partial charge in [0.15, 0.2) is 5.82 Å². The lowest BCUT2D eigenvalue weighted by molar-refractivity contribution is -0.112. The number of hydrogen-bond acceptors (Lipinski definition) is 3. The number of carbonyl (C=O) groups is 1. The first-order chi connectivity index (χ1) is 7.66. The SMILES string of the molecule is C=C(C)C(=O)Nc1cnc2ccccc2n1. The van der Waals surface area contributed by atoms with E-state index < -0.39 is 0 Å². The molecule has 0 aliphatic rings. The highest BCUT2D eigenvalue weighted by Gasteiger charge is 2.04. The first-order valence-electron chi connectivity index (χ1n) is 4.85. The monoisotopic (exact) mass is 213 g/mol. The fourth-order valence-corrected chi connectivity index (χ4v) is 1.24. The van der Waals surface area contributed by atoms with Crippen molar-refractivity contribution in [2.45, 2.75) is 6.92 Å². The summed E-state index contributed by atoms with van der Waals surface area (Å²) < 4.78 is 0. The number of amides is 1. The molecule has 0 bridgehead atoms. The van der Waals surface area contributed by atoms with E-state index in [9.17, 15) is 4.79 Å². The molecule has 2 aromatic rings. The van der Waals surface area contributed by atoms with E-state index in [0.717, 1.165) is 11.0 Å². The minimum absolute atomic E-state index is 0.246. The standard InChI is InChI=1S/C12H11N3O/c1-8(2)12(16)15-11-7-13-9-5-3-4-6-10(9)14-11/h3-7H,1H2,2H3,(H,14,15,16). The summed E-state index contributed by atoms with van der Waals surface area (Å²) in [4.78, 5) is 19.8. The number of nitrogens with zero attached hydrogens (tertiary/aromatic N) is 2. The van der Waals surface area contributed by atoms with Crippen molar-refractivity contribution in [3.63, 3.8) is 0 Å². The number of hydrogen-bond donors (Lipinski definition) is 1. The average Bonchev–Trinajstić information content (AvgIpc) is 2.28. The van der Waals surface area contributed by atoms with Crippen LogP contribution in [0.25, 0.3) is 11.0 Å². The van der Waals surface area contributed by atoms with Gasteiger partial charge in [0, 0.05) is 5.57 Å². The highest BCUT2D eigenvalue weighted by atomic mass is 16.1. The molecule has 2 rings (SSSR count). The highest BCUT2D eigenvalue weighted by molar-refractivity contribution is 6.02. The number of carbonyl (C=O) groups excluding carboxylic acids is 1. The number of aromatic nitrogens is 2. The van der Waals surface area contributed by atoms with E-state index >= 15 is 0 Å². The van der Waals surface area contributed by atoms with Crippen LogP contribution in [0.4, 0.5) is 5.82 Å². The summed E-state index contributed by atoms with van der Waals surface area (Å²) in [7, 11) is 0. The van der Waals surface area contributed by atoms with Gasteiger partial charge in [0.05, 0.1) is 17.2 Å². The number of rotatable bonds is 2. The second-order valence-electron chi connectivity index (χ2n) is 3.48. The van der Waals surface area contributed by atoms with Crippen LogP contribution in [-0.4, -0.2) is 15.9 Å². The maximum absolute atomic E-state index is 11.4. The van der Waals surface area contributed by atoms with E-state index in [4.69, 9.17) is 0 Å². The molecule has 4 nitrogen and oxygen atoms in total. The van der Waals surface area contributed by atoms with Crippen molar-refractivity contribution in [2.24, 2.45) is 0 Å². The van der Waals surface area contributed by atoms with E-state index in [0.29, 0.717) is 11.4 Å². The predicted molar refractivity (Wildman–Crippen MR) is 63.0 cm³/mol. The van der Waals surface area contributed by atoms with E-state index in [-0.39, 0.29) is 5.91 Å².